The van der Waals surface area contributed by atoms with E-state index < -0.39 is 12.0 Å². The maximum atomic E-state index is 12.8. The predicted octanol–water partition coefficient (Wildman–Crippen LogP) is 4.68. The number of aromatic hydroxyl groups is 1. The molecule has 6 nitrogen and oxygen atoms in total. The van der Waals surface area contributed by atoms with Crippen molar-refractivity contribution in [2.45, 2.75) is 19.1 Å². The largest absolute Gasteiger partial charge is 0.784 e. The molecule has 31 heavy (non-hydrogen) atoms. The molecule has 0 amide bonds. The number of fused-ring (bicyclic) bond motifs is 3. The monoisotopic (exact) mass is 413 g/mol. The van der Waals surface area contributed by atoms with E-state index in [1.807, 2.05) is 54.6 Å². The number of ether oxygens (including phenoxy) is 1. The van der Waals surface area contributed by atoms with Crippen molar-refractivity contribution in [3.8, 4) is 5.75 Å². The molecule has 0 spiro atoms. The second-order valence-corrected chi connectivity index (χ2v) is 7.69. The number of esters is 1. The Labute approximate surface area is 179 Å². The molecule has 156 valence electrons. The van der Waals surface area contributed by atoms with Gasteiger partial charge >= 0.3 is 5.97 Å². The molecule has 0 fully saturated rings. The van der Waals surface area contributed by atoms with Gasteiger partial charge in [0.2, 0.25) is 0 Å². The predicted molar refractivity (Wildman–Crippen MR) is 118 cm³/mol. The summed E-state index contributed by atoms with van der Waals surface area (Å²) in [5.74, 6) is -0.805. The average Bonchev–Trinajstić information content (AvgIpc) is 3.17. The van der Waals surface area contributed by atoms with Gasteiger partial charge in [-0.1, -0.05) is 54.6 Å². The summed E-state index contributed by atoms with van der Waals surface area (Å²) < 4.78 is 5.38. The highest BCUT2D eigenvalue weighted by Gasteiger charge is 2.28. The minimum Gasteiger partial charge on any atom is -0.784 e. The number of phenolic OH excluding ortho intramolecular Hbond substituents is 1. The van der Waals surface area contributed by atoms with Crippen molar-refractivity contribution in [1.82, 2.24) is 10.0 Å². The van der Waals surface area contributed by atoms with E-state index in [4.69, 9.17) is 4.74 Å². The molecule has 2 N–H and O–H groups in total. The molecule has 1 aliphatic heterocycles. The van der Waals surface area contributed by atoms with Gasteiger partial charge in [-0.05, 0) is 47.9 Å². The van der Waals surface area contributed by atoms with Crippen molar-refractivity contribution in [3.63, 3.8) is 0 Å². The van der Waals surface area contributed by atoms with Crippen LogP contribution in [0.3, 0.4) is 0 Å². The van der Waals surface area contributed by atoms with Crippen molar-refractivity contribution in [1.29, 1.82) is 0 Å². The molecule has 0 radical (unpaired) electrons. The van der Waals surface area contributed by atoms with Gasteiger partial charge in [0.15, 0.2) is 0 Å². The zero-order chi connectivity index (χ0) is 21.4. The van der Waals surface area contributed by atoms with Crippen LogP contribution in [0.25, 0.3) is 10.9 Å². The molecule has 1 atom stereocenters. The Balaban J connectivity index is 1.48. The van der Waals surface area contributed by atoms with Gasteiger partial charge in [0, 0.05) is 16.6 Å². The van der Waals surface area contributed by atoms with Crippen LogP contribution >= 0.6 is 0 Å². The van der Waals surface area contributed by atoms with Gasteiger partial charge in [0.25, 0.3) is 0 Å². The zero-order valence-electron chi connectivity index (χ0n) is 16.7. The van der Waals surface area contributed by atoms with E-state index in [1.165, 1.54) is 6.07 Å². The van der Waals surface area contributed by atoms with Crippen LogP contribution in [0.4, 0.5) is 0 Å². The molecule has 5 rings (SSSR count). The number of para-hydroxylation sites is 1. The number of carbonyl (C=O) groups is 1. The number of carbonyl (C=O) groups excluding carboxylic acids is 1. The number of nitrogens with zero attached hydrogens (tertiary/aromatic N) is 1. The van der Waals surface area contributed by atoms with E-state index in [9.17, 15) is 15.1 Å². The molecule has 0 bridgehead atoms. The fourth-order valence-electron chi connectivity index (χ4n) is 4.24. The third-order valence-corrected chi connectivity index (χ3v) is 5.76. The maximum absolute atomic E-state index is 12.8. The highest BCUT2D eigenvalue weighted by atomic mass is 16.5. The Morgan fingerprint density at radius 2 is 1.87 bits per heavy atom. The van der Waals surface area contributed by atoms with Gasteiger partial charge in [-0.15, -0.1) is 0 Å². The number of benzene rings is 3. The minimum atomic E-state index is -0.631. The van der Waals surface area contributed by atoms with Crippen LogP contribution in [0.1, 0.15) is 38.8 Å². The van der Waals surface area contributed by atoms with E-state index in [0.717, 1.165) is 32.8 Å². The number of H-pyrrole nitrogens is 1. The Morgan fingerprint density at radius 3 is 2.71 bits per heavy atom. The van der Waals surface area contributed by atoms with Crippen LogP contribution in [0, 0.1) is 5.21 Å². The van der Waals surface area contributed by atoms with E-state index in [-0.39, 0.29) is 17.9 Å². The SMILES string of the molecule is O=C(OCc1ccccc1)c1cc(C2c3[nH]c4ccccc4c3CCN2[O-])ccc1O. The third-order valence-electron chi connectivity index (χ3n) is 5.76. The first-order chi connectivity index (χ1) is 15.1. The van der Waals surface area contributed by atoms with Crippen molar-refractivity contribution in [3.05, 3.63) is 106 Å². The maximum Gasteiger partial charge on any atom is 0.342 e. The fourth-order valence-corrected chi connectivity index (χ4v) is 4.24. The Kier molecular flexibility index (Phi) is 4.94. The van der Waals surface area contributed by atoms with E-state index >= 15 is 0 Å². The Hall–Kier alpha value is -3.61. The van der Waals surface area contributed by atoms with Crippen LogP contribution in [-0.2, 0) is 17.8 Å². The average molecular weight is 413 g/mol. The van der Waals surface area contributed by atoms with Crippen molar-refractivity contribution < 1.29 is 14.6 Å². The third kappa shape index (κ3) is 3.56. The normalized spacial score (nSPS) is 16.2. The summed E-state index contributed by atoms with van der Waals surface area (Å²) in [5, 5.41) is 25.2. The van der Waals surface area contributed by atoms with Crippen molar-refractivity contribution >= 4 is 16.9 Å². The second-order valence-electron chi connectivity index (χ2n) is 7.69. The molecular weight excluding hydrogens is 392 g/mol. The van der Waals surface area contributed by atoms with Crippen LogP contribution in [-0.4, -0.2) is 27.7 Å². The Morgan fingerprint density at radius 1 is 1.10 bits per heavy atom. The molecule has 6 heteroatoms. The van der Waals surface area contributed by atoms with E-state index in [0.29, 0.717) is 18.5 Å². The van der Waals surface area contributed by atoms with Gasteiger partial charge in [-0.25, -0.2) is 4.79 Å². The van der Waals surface area contributed by atoms with Gasteiger partial charge in [-0.2, -0.15) is 0 Å². The first-order valence-corrected chi connectivity index (χ1v) is 10.2. The number of hydrogen-bond acceptors (Lipinski definition) is 5. The molecule has 0 saturated carbocycles. The first kappa shape index (κ1) is 19.4. The molecule has 0 saturated heterocycles. The Bertz CT molecular complexity index is 1250. The number of hydroxylamine groups is 2. The summed E-state index contributed by atoms with van der Waals surface area (Å²) in [6, 6.07) is 21.4. The molecule has 1 aliphatic rings. The van der Waals surface area contributed by atoms with Gasteiger partial charge in [0.05, 0.1) is 6.04 Å². The lowest BCUT2D eigenvalue weighted by Crippen LogP contribution is -2.31. The number of rotatable bonds is 4. The van der Waals surface area contributed by atoms with Gasteiger partial charge in [0.1, 0.15) is 17.9 Å². The van der Waals surface area contributed by atoms with Crippen molar-refractivity contribution in [2.75, 3.05) is 6.54 Å². The molecule has 2 heterocycles. The number of aromatic nitrogens is 1. The zero-order valence-corrected chi connectivity index (χ0v) is 16.7. The molecule has 0 aliphatic carbocycles. The summed E-state index contributed by atoms with van der Waals surface area (Å²) >= 11 is 0. The van der Waals surface area contributed by atoms with Crippen LogP contribution in [0.5, 0.6) is 5.75 Å². The number of aromatic amines is 1. The van der Waals surface area contributed by atoms with Gasteiger partial charge < -0.3 is 25.1 Å². The molecule has 4 aromatic rings. The lowest BCUT2D eigenvalue weighted by molar-refractivity contribution is 0.0469. The van der Waals surface area contributed by atoms with Crippen molar-refractivity contribution in [2.24, 2.45) is 0 Å². The first-order valence-electron chi connectivity index (χ1n) is 10.2. The van der Waals surface area contributed by atoms with Crippen LogP contribution in [0.2, 0.25) is 0 Å². The van der Waals surface area contributed by atoms with E-state index in [2.05, 4.69) is 4.98 Å². The minimum absolute atomic E-state index is 0.0464. The van der Waals surface area contributed by atoms with Crippen LogP contribution < -0.4 is 0 Å². The lowest BCUT2D eigenvalue weighted by Gasteiger charge is -2.41. The second kappa shape index (κ2) is 7.91. The van der Waals surface area contributed by atoms with Crippen LogP contribution in [0.15, 0.2) is 72.8 Å². The summed E-state index contributed by atoms with van der Waals surface area (Å²) in [6.45, 7) is 0.459. The number of phenols is 1. The highest BCUT2D eigenvalue weighted by Crippen LogP contribution is 2.38. The summed E-state index contributed by atoms with van der Waals surface area (Å²) in [6.07, 6.45) is 0.656. The molecule has 1 unspecified atom stereocenters. The summed E-state index contributed by atoms with van der Waals surface area (Å²) in [4.78, 5) is 16.0. The smallest absolute Gasteiger partial charge is 0.342 e. The topological polar surface area (TPSA) is 88.6 Å². The number of hydrogen-bond donors (Lipinski definition) is 2. The quantitative estimate of drug-likeness (QED) is 0.475. The standard InChI is InChI=1S/C25H21N2O4/c28-22-11-10-17(14-20(22)25(29)31-15-16-6-2-1-3-7-16)24-23-19(12-13-27(24)30)18-8-4-5-9-21(18)26-23/h1-11,14,24,26,28H,12-13,15H2/q-1. The summed E-state index contributed by atoms with van der Waals surface area (Å²) in [5.41, 5.74) is 4.46. The van der Waals surface area contributed by atoms with E-state index in [1.54, 1.807) is 12.1 Å². The highest BCUT2D eigenvalue weighted by molar-refractivity contribution is 5.92. The number of nitrogens with one attached hydrogen (secondary N) is 1. The fraction of sp³-hybridized carbons (Fsp3) is 0.160. The summed E-state index contributed by atoms with van der Waals surface area (Å²) in [7, 11) is 0. The molecule has 3 aromatic carbocycles. The van der Waals surface area contributed by atoms with Gasteiger partial charge in [-0.3, -0.25) is 0 Å². The molecule has 1 aromatic heterocycles. The lowest BCUT2D eigenvalue weighted by atomic mass is 9.93. The molecular formula is C25H21N2O4-.